The lowest BCUT2D eigenvalue weighted by Crippen LogP contribution is -2.42. The molecular weight excluding hydrogens is 343 g/mol. The minimum atomic E-state index is -4.57. The quantitative estimate of drug-likeness (QED) is 0.712. The summed E-state index contributed by atoms with van der Waals surface area (Å²) in [6, 6.07) is 7.90. The second-order valence-electron chi connectivity index (χ2n) is 6.09. The van der Waals surface area contributed by atoms with Gasteiger partial charge >= 0.3 is 6.18 Å². The standard InChI is InChI=1S/C16H22F3NO3S/c1-23-8-7-20(12-16(17,18)19)24(21,22)9-6-13-10-14-4-2-3-5-15(14)11-13/h2-5,13H,6-12H2,1H3. The molecule has 1 aliphatic rings. The van der Waals surface area contributed by atoms with E-state index in [1.165, 1.54) is 18.2 Å². The third-order valence-electron chi connectivity index (χ3n) is 4.21. The molecule has 0 aliphatic heterocycles. The van der Waals surface area contributed by atoms with E-state index in [1.54, 1.807) is 0 Å². The number of fused-ring (bicyclic) bond motifs is 1. The molecule has 0 saturated carbocycles. The Bertz CT molecular complexity index is 621. The van der Waals surface area contributed by atoms with Crippen LogP contribution in [0, 0.1) is 5.92 Å². The van der Waals surface area contributed by atoms with Crippen molar-refractivity contribution in [3.63, 3.8) is 0 Å². The molecule has 0 aromatic heterocycles. The van der Waals surface area contributed by atoms with Crippen LogP contribution >= 0.6 is 0 Å². The van der Waals surface area contributed by atoms with Crippen LogP contribution in [0.15, 0.2) is 24.3 Å². The highest BCUT2D eigenvalue weighted by molar-refractivity contribution is 7.89. The Kier molecular flexibility index (Phi) is 6.28. The number of benzene rings is 1. The fourth-order valence-corrected chi connectivity index (χ4v) is 4.59. The first kappa shape index (κ1) is 19.2. The molecule has 1 aliphatic carbocycles. The second kappa shape index (κ2) is 7.84. The van der Waals surface area contributed by atoms with Crippen molar-refractivity contribution in [2.75, 3.05) is 32.6 Å². The zero-order valence-corrected chi connectivity index (χ0v) is 14.4. The van der Waals surface area contributed by atoms with E-state index in [0.717, 1.165) is 12.8 Å². The van der Waals surface area contributed by atoms with E-state index < -0.39 is 22.7 Å². The number of nitrogens with zero attached hydrogens (tertiary/aromatic N) is 1. The van der Waals surface area contributed by atoms with Gasteiger partial charge in [-0.2, -0.15) is 17.5 Å². The van der Waals surface area contributed by atoms with Crippen molar-refractivity contribution in [2.24, 2.45) is 5.92 Å². The van der Waals surface area contributed by atoms with Gasteiger partial charge in [-0.1, -0.05) is 24.3 Å². The summed E-state index contributed by atoms with van der Waals surface area (Å²) in [4.78, 5) is 0. The van der Waals surface area contributed by atoms with Crippen LogP contribution < -0.4 is 0 Å². The maximum atomic E-state index is 12.6. The van der Waals surface area contributed by atoms with Gasteiger partial charge in [-0.05, 0) is 36.3 Å². The Morgan fingerprint density at radius 3 is 2.29 bits per heavy atom. The Labute approximate surface area is 140 Å². The van der Waals surface area contributed by atoms with Gasteiger partial charge in [-0.3, -0.25) is 0 Å². The van der Waals surface area contributed by atoms with Crippen LogP contribution in [-0.4, -0.2) is 51.5 Å². The Morgan fingerprint density at radius 1 is 1.21 bits per heavy atom. The lowest BCUT2D eigenvalue weighted by Gasteiger charge is -2.23. The summed E-state index contributed by atoms with van der Waals surface area (Å²) in [7, 11) is -2.64. The summed E-state index contributed by atoms with van der Waals surface area (Å²) in [6.45, 7) is -1.82. The molecule has 136 valence electrons. The molecule has 2 rings (SSSR count). The van der Waals surface area contributed by atoms with Crippen LogP contribution in [0.4, 0.5) is 13.2 Å². The highest BCUT2D eigenvalue weighted by atomic mass is 32.2. The third-order valence-corrected chi connectivity index (χ3v) is 6.06. The Hall–Kier alpha value is -1.12. The minimum Gasteiger partial charge on any atom is -0.383 e. The molecule has 0 N–H and O–H groups in total. The van der Waals surface area contributed by atoms with Crippen molar-refractivity contribution in [2.45, 2.75) is 25.4 Å². The van der Waals surface area contributed by atoms with Crippen LogP contribution in [0.3, 0.4) is 0 Å². The van der Waals surface area contributed by atoms with Gasteiger partial charge < -0.3 is 4.74 Å². The Morgan fingerprint density at radius 2 is 1.79 bits per heavy atom. The van der Waals surface area contributed by atoms with E-state index in [0.29, 0.717) is 10.7 Å². The molecule has 4 nitrogen and oxygen atoms in total. The lowest BCUT2D eigenvalue weighted by atomic mass is 10.0. The summed E-state index contributed by atoms with van der Waals surface area (Å²) in [5.41, 5.74) is 2.40. The molecule has 1 aromatic carbocycles. The molecule has 0 heterocycles. The molecule has 0 saturated heterocycles. The number of rotatable bonds is 8. The number of alkyl halides is 3. The first-order chi connectivity index (χ1) is 11.2. The third kappa shape index (κ3) is 5.46. The van der Waals surface area contributed by atoms with Gasteiger partial charge in [0.15, 0.2) is 0 Å². The minimum absolute atomic E-state index is 0.0653. The zero-order chi connectivity index (χ0) is 17.8. The van der Waals surface area contributed by atoms with E-state index in [1.807, 2.05) is 24.3 Å². The molecule has 0 atom stereocenters. The summed E-state index contributed by atoms with van der Waals surface area (Å²) in [5.74, 6) is -0.113. The fraction of sp³-hybridized carbons (Fsp3) is 0.625. The molecule has 0 unspecified atom stereocenters. The van der Waals surface area contributed by atoms with Gasteiger partial charge in [-0.25, -0.2) is 8.42 Å². The van der Waals surface area contributed by atoms with Gasteiger partial charge in [0.05, 0.1) is 12.4 Å². The molecule has 0 bridgehead atoms. The highest BCUT2D eigenvalue weighted by Crippen LogP contribution is 2.29. The van der Waals surface area contributed by atoms with Gasteiger partial charge in [0.1, 0.15) is 6.54 Å². The topological polar surface area (TPSA) is 46.6 Å². The van der Waals surface area contributed by atoms with Gasteiger partial charge in [0, 0.05) is 13.7 Å². The second-order valence-corrected chi connectivity index (χ2v) is 8.18. The highest BCUT2D eigenvalue weighted by Gasteiger charge is 2.36. The molecule has 0 fully saturated rings. The molecule has 1 aromatic rings. The predicted molar refractivity (Wildman–Crippen MR) is 85.2 cm³/mol. The van der Waals surface area contributed by atoms with E-state index in [9.17, 15) is 21.6 Å². The molecular formula is C16H22F3NO3S. The average Bonchev–Trinajstić information content (AvgIpc) is 2.91. The van der Waals surface area contributed by atoms with Gasteiger partial charge in [0.25, 0.3) is 0 Å². The number of halogens is 3. The Balaban J connectivity index is 1.95. The number of hydrogen-bond acceptors (Lipinski definition) is 3. The van der Waals surface area contributed by atoms with E-state index in [-0.39, 0.29) is 24.8 Å². The van der Waals surface area contributed by atoms with Crippen molar-refractivity contribution in [3.8, 4) is 0 Å². The average molecular weight is 365 g/mol. The van der Waals surface area contributed by atoms with Crippen molar-refractivity contribution in [3.05, 3.63) is 35.4 Å². The van der Waals surface area contributed by atoms with Crippen LogP contribution in [0.2, 0.25) is 0 Å². The SMILES string of the molecule is COCCN(CC(F)(F)F)S(=O)(=O)CCC1Cc2ccccc2C1. The maximum Gasteiger partial charge on any atom is 0.402 e. The summed E-state index contributed by atoms with van der Waals surface area (Å²) < 4.78 is 67.8. The monoisotopic (exact) mass is 365 g/mol. The number of hydrogen-bond donors (Lipinski definition) is 0. The van der Waals surface area contributed by atoms with Crippen molar-refractivity contribution >= 4 is 10.0 Å². The van der Waals surface area contributed by atoms with E-state index >= 15 is 0 Å². The van der Waals surface area contributed by atoms with Crippen molar-refractivity contribution in [1.82, 2.24) is 4.31 Å². The van der Waals surface area contributed by atoms with Crippen LogP contribution in [0.5, 0.6) is 0 Å². The maximum absolute atomic E-state index is 12.6. The number of ether oxygens (including phenoxy) is 1. The zero-order valence-electron chi connectivity index (χ0n) is 13.6. The largest absolute Gasteiger partial charge is 0.402 e. The van der Waals surface area contributed by atoms with Crippen molar-refractivity contribution < 1.29 is 26.3 Å². The summed E-state index contributed by atoms with van der Waals surface area (Å²) in [6.07, 6.45) is -2.64. The molecule has 0 radical (unpaired) electrons. The van der Waals surface area contributed by atoms with Crippen LogP contribution in [0.1, 0.15) is 17.5 Å². The molecule has 0 amide bonds. The lowest BCUT2D eigenvalue weighted by molar-refractivity contribution is -0.136. The molecule has 8 heteroatoms. The number of methoxy groups -OCH3 is 1. The van der Waals surface area contributed by atoms with E-state index in [2.05, 4.69) is 0 Å². The molecule has 24 heavy (non-hydrogen) atoms. The normalized spacial score (nSPS) is 15.9. The summed E-state index contributed by atoms with van der Waals surface area (Å²) >= 11 is 0. The number of sulfonamides is 1. The molecule has 0 spiro atoms. The van der Waals surface area contributed by atoms with E-state index in [4.69, 9.17) is 4.74 Å². The van der Waals surface area contributed by atoms with Crippen LogP contribution in [-0.2, 0) is 27.6 Å². The fourth-order valence-electron chi connectivity index (χ4n) is 3.01. The first-order valence-electron chi connectivity index (χ1n) is 7.81. The van der Waals surface area contributed by atoms with Gasteiger partial charge in [0.2, 0.25) is 10.0 Å². The van der Waals surface area contributed by atoms with Crippen molar-refractivity contribution in [1.29, 1.82) is 0 Å². The summed E-state index contributed by atoms with van der Waals surface area (Å²) in [5, 5.41) is 0. The smallest absolute Gasteiger partial charge is 0.383 e. The first-order valence-corrected chi connectivity index (χ1v) is 9.42. The van der Waals surface area contributed by atoms with Crippen LogP contribution in [0.25, 0.3) is 0 Å². The predicted octanol–water partition coefficient (Wildman–Crippen LogP) is 2.63. The van der Waals surface area contributed by atoms with Gasteiger partial charge in [-0.15, -0.1) is 0 Å².